The Balaban J connectivity index is 1.66. The fourth-order valence-corrected chi connectivity index (χ4v) is 4.67. The van der Waals surface area contributed by atoms with Crippen LogP contribution >= 0.6 is 0 Å². The van der Waals surface area contributed by atoms with Gasteiger partial charge in [-0.1, -0.05) is 12.1 Å². The number of morpholine rings is 1. The van der Waals surface area contributed by atoms with Gasteiger partial charge in [-0.25, -0.2) is 9.18 Å². The number of amides is 2. The molecule has 2 aliphatic heterocycles. The molecule has 0 aromatic heterocycles. The molecule has 1 aromatic rings. The first-order valence-corrected chi connectivity index (χ1v) is 9.79. The van der Waals surface area contributed by atoms with Crippen LogP contribution in [0, 0.1) is 5.82 Å². The number of urea groups is 1. The Labute approximate surface area is 161 Å². The molecule has 2 N–H and O–H groups in total. The molecule has 2 fully saturated rings. The Hall–Kier alpha value is -1.66. The smallest absolute Gasteiger partial charge is 0.317 e. The van der Waals surface area contributed by atoms with Gasteiger partial charge < -0.3 is 20.3 Å². The summed E-state index contributed by atoms with van der Waals surface area (Å²) in [5.74, 6) is -0.270. The van der Waals surface area contributed by atoms with E-state index in [1.54, 1.807) is 12.1 Å². The second-order valence-electron chi connectivity index (χ2n) is 9.34. The van der Waals surface area contributed by atoms with E-state index in [1.165, 1.54) is 12.1 Å². The monoisotopic (exact) mass is 377 g/mol. The van der Waals surface area contributed by atoms with Gasteiger partial charge in [0.15, 0.2) is 0 Å². The van der Waals surface area contributed by atoms with Gasteiger partial charge in [-0.2, -0.15) is 0 Å². The zero-order valence-electron chi connectivity index (χ0n) is 17.0. The lowest BCUT2D eigenvalue weighted by atomic mass is 9.79. The minimum Gasteiger partial charge on any atom is -0.367 e. The van der Waals surface area contributed by atoms with Crippen LogP contribution in [0.2, 0.25) is 0 Å². The molecule has 0 spiro atoms. The van der Waals surface area contributed by atoms with Crippen molar-refractivity contribution in [2.75, 3.05) is 13.1 Å². The molecule has 0 radical (unpaired) electrons. The standard InChI is InChI=1S/C21H32FN3O2/c1-14-12-25(13-18(27-14)15-6-8-16(22)9-7-15)19(26)23-17-10-20(2,3)24-21(4,5)11-17/h6-9,14,17-18,24H,10-13H2,1-5H3,(H,23,26)/t14-,18-/m1/s1. The van der Waals surface area contributed by atoms with Gasteiger partial charge in [-0.05, 0) is 65.2 Å². The lowest BCUT2D eigenvalue weighted by molar-refractivity contribution is -0.0662. The quantitative estimate of drug-likeness (QED) is 0.828. The topological polar surface area (TPSA) is 53.6 Å². The largest absolute Gasteiger partial charge is 0.367 e. The summed E-state index contributed by atoms with van der Waals surface area (Å²) in [6.45, 7) is 11.7. The number of carbonyl (C=O) groups excluding carboxylic acids is 1. The summed E-state index contributed by atoms with van der Waals surface area (Å²) >= 11 is 0. The van der Waals surface area contributed by atoms with Gasteiger partial charge in [-0.3, -0.25) is 0 Å². The Kier molecular flexibility index (Phi) is 5.50. The molecule has 2 saturated heterocycles. The van der Waals surface area contributed by atoms with Gasteiger partial charge in [0, 0.05) is 23.7 Å². The Morgan fingerprint density at radius 3 is 2.33 bits per heavy atom. The number of carbonyl (C=O) groups is 1. The first-order valence-electron chi connectivity index (χ1n) is 9.79. The molecule has 27 heavy (non-hydrogen) atoms. The maximum absolute atomic E-state index is 13.2. The van der Waals surface area contributed by atoms with E-state index in [9.17, 15) is 9.18 Å². The number of benzene rings is 1. The fourth-order valence-electron chi connectivity index (χ4n) is 4.67. The van der Waals surface area contributed by atoms with Crippen LogP contribution in [-0.2, 0) is 4.74 Å². The lowest BCUT2D eigenvalue weighted by Gasteiger charge is -2.47. The van der Waals surface area contributed by atoms with Gasteiger partial charge in [0.2, 0.25) is 0 Å². The number of halogens is 1. The van der Waals surface area contributed by atoms with Crippen molar-refractivity contribution in [2.45, 2.75) is 76.8 Å². The van der Waals surface area contributed by atoms with E-state index in [-0.39, 0.29) is 41.2 Å². The first kappa shape index (κ1) is 20.1. The van der Waals surface area contributed by atoms with Crippen LogP contribution in [0.15, 0.2) is 24.3 Å². The van der Waals surface area contributed by atoms with Crippen LogP contribution < -0.4 is 10.6 Å². The zero-order valence-corrected chi connectivity index (χ0v) is 17.0. The summed E-state index contributed by atoms with van der Waals surface area (Å²) in [6, 6.07) is 6.41. The molecule has 0 saturated carbocycles. The molecule has 2 amide bonds. The molecule has 0 aliphatic carbocycles. The van der Waals surface area contributed by atoms with Crippen molar-refractivity contribution in [3.05, 3.63) is 35.6 Å². The van der Waals surface area contributed by atoms with Crippen LogP contribution in [0.5, 0.6) is 0 Å². The van der Waals surface area contributed by atoms with Gasteiger partial charge in [0.05, 0.1) is 12.6 Å². The third kappa shape index (κ3) is 5.20. The Morgan fingerprint density at radius 1 is 1.15 bits per heavy atom. The molecule has 2 aliphatic rings. The van der Waals surface area contributed by atoms with Crippen LogP contribution in [0.25, 0.3) is 0 Å². The van der Waals surface area contributed by atoms with E-state index in [0.29, 0.717) is 13.1 Å². The molecule has 2 atom stereocenters. The molecule has 6 heteroatoms. The van der Waals surface area contributed by atoms with E-state index in [0.717, 1.165) is 18.4 Å². The predicted molar refractivity (Wildman–Crippen MR) is 104 cm³/mol. The average molecular weight is 378 g/mol. The molecular weight excluding hydrogens is 345 g/mol. The highest BCUT2D eigenvalue weighted by Crippen LogP contribution is 2.29. The molecule has 1 aromatic carbocycles. The summed E-state index contributed by atoms with van der Waals surface area (Å²) in [5.41, 5.74) is 0.855. The minimum absolute atomic E-state index is 0.0192. The Bertz CT molecular complexity index is 659. The van der Waals surface area contributed by atoms with Crippen molar-refractivity contribution < 1.29 is 13.9 Å². The molecule has 0 unspecified atom stereocenters. The van der Waals surface area contributed by atoms with Gasteiger partial charge in [-0.15, -0.1) is 0 Å². The first-order chi connectivity index (χ1) is 12.5. The number of ether oxygens (including phenoxy) is 1. The van der Waals surface area contributed by atoms with Gasteiger partial charge >= 0.3 is 6.03 Å². The Morgan fingerprint density at radius 2 is 1.74 bits per heavy atom. The molecule has 150 valence electrons. The summed E-state index contributed by atoms with van der Waals surface area (Å²) < 4.78 is 19.2. The number of rotatable bonds is 2. The summed E-state index contributed by atoms with van der Waals surface area (Å²) in [4.78, 5) is 14.8. The molecule has 2 heterocycles. The zero-order chi connectivity index (χ0) is 19.8. The SMILES string of the molecule is C[C@@H]1CN(C(=O)NC2CC(C)(C)NC(C)(C)C2)C[C@H](c2ccc(F)cc2)O1. The van der Waals surface area contributed by atoms with Crippen LogP contribution in [-0.4, -0.2) is 47.2 Å². The highest BCUT2D eigenvalue weighted by molar-refractivity contribution is 5.74. The van der Waals surface area contributed by atoms with E-state index < -0.39 is 0 Å². The van der Waals surface area contributed by atoms with E-state index in [2.05, 4.69) is 38.3 Å². The van der Waals surface area contributed by atoms with Crippen molar-refractivity contribution in [1.29, 1.82) is 0 Å². The molecule has 3 rings (SSSR count). The highest BCUT2D eigenvalue weighted by Gasteiger charge is 2.39. The molecule has 0 bridgehead atoms. The number of nitrogens with zero attached hydrogens (tertiary/aromatic N) is 1. The van der Waals surface area contributed by atoms with E-state index in [4.69, 9.17) is 4.74 Å². The maximum Gasteiger partial charge on any atom is 0.317 e. The normalized spacial score (nSPS) is 28.0. The number of hydrogen-bond acceptors (Lipinski definition) is 3. The van der Waals surface area contributed by atoms with Crippen LogP contribution in [0.3, 0.4) is 0 Å². The van der Waals surface area contributed by atoms with Crippen LogP contribution in [0.1, 0.15) is 59.1 Å². The number of hydrogen-bond donors (Lipinski definition) is 2. The maximum atomic E-state index is 13.2. The van der Waals surface area contributed by atoms with Crippen molar-refractivity contribution in [2.24, 2.45) is 0 Å². The van der Waals surface area contributed by atoms with Gasteiger partial charge in [0.25, 0.3) is 0 Å². The molecular formula is C21H32FN3O2. The number of nitrogens with one attached hydrogen (secondary N) is 2. The van der Waals surface area contributed by atoms with Crippen molar-refractivity contribution in [3.63, 3.8) is 0 Å². The van der Waals surface area contributed by atoms with Crippen LogP contribution in [0.4, 0.5) is 9.18 Å². The highest BCUT2D eigenvalue weighted by atomic mass is 19.1. The van der Waals surface area contributed by atoms with Crippen molar-refractivity contribution >= 4 is 6.03 Å². The van der Waals surface area contributed by atoms with Crippen molar-refractivity contribution in [1.82, 2.24) is 15.5 Å². The second-order valence-corrected chi connectivity index (χ2v) is 9.34. The summed E-state index contributed by atoms with van der Waals surface area (Å²) in [5, 5.41) is 6.87. The van der Waals surface area contributed by atoms with Gasteiger partial charge in [0.1, 0.15) is 11.9 Å². The average Bonchev–Trinajstić information content (AvgIpc) is 2.51. The number of piperidine rings is 1. The third-order valence-electron chi connectivity index (χ3n) is 5.31. The molecule has 5 nitrogen and oxygen atoms in total. The summed E-state index contributed by atoms with van der Waals surface area (Å²) in [7, 11) is 0. The second kappa shape index (κ2) is 7.40. The fraction of sp³-hybridized carbons (Fsp3) is 0.667. The van der Waals surface area contributed by atoms with Crippen molar-refractivity contribution in [3.8, 4) is 0 Å². The summed E-state index contributed by atoms with van der Waals surface area (Å²) in [6.07, 6.45) is 1.48. The minimum atomic E-state index is -0.270. The van der Waals surface area contributed by atoms with E-state index in [1.807, 2.05) is 11.8 Å². The lowest BCUT2D eigenvalue weighted by Crippen LogP contribution is -2.63. The third-order valence-corrected chi connectivity index (χ3v) is 5.31. The predicted octanol–water partition coefficient (Wildman–Crippen LogP) is 3.61. The van der Waals surface area contributed by atoms with E-state index >= 15 is 0 Å².